The number of benzene rings is 1. The number of rotatable bonds is 5. The van der Waals surface area contributed by atoms with Gasteiger partial charge in [-0.2, -0.15) is 0 Å². The van der Waals surface area contributed by atoms with Crippen LogP contribution in [0.25, 0.3) is 0 Å². The summed E-state index contributed by atoms with van der Waals surface area (Å²) in [5.41, 5.74) is 2.12. The van der Waals surface area contributed by atoms with E-state index in [9.17, 15) is 5.11 Å². The van der Waals surface area contributed by atoms with Gasteiger partial charge in [0.05, 0.1) is 6.10 Å². The first-order valence-electron chi connectivity index (χ1n) is 5.79. The molecular weight excluding hydrogens is 212 g/mol. The summed E-state index contributed by atoms with van der Waals surface area (Å²) in [5.74, 6) is 0. The van der Waals surface area contributed by atoms with Gasteiger partial charge in [0, 0.05) is 25.0 Å². The van der Waals surface area contributed by atoms with Gasteiger partial charge in [0.1, 0.15) is 0 Å². The fraction of sp³-hybridized carbons (Fsp3) is 0.286. The second-order valence-corrected chi connectivity index (χ2v) is 4.32. The lowest BCUT2D eigenvalue weighted by molar-refractivity contribution is 0.123. The summed E-state index contributed by atoms with van der Waals surface area (Å²) in [6, 6.07) is 13.8. The topological polar surface area (TPSA) is 39.3 Å². The smallest absolute Gasteiger partial charge is 0.0916 e. The Bertz CT molecular complexity index is 425. The van der Waals surface area contributed by atoms with E-state index < -0.39 is 6.10 Å². The van der Waals surface area contributed by atoms with Crippen molar-refractivity contribution in [3.63, 3.8) is 0 Å². The molecule has 1 atom stereocenters. The number of aromatic amines is 1. The summed E-state index contributed by atoms with van der Waals surface area (Å²) in [5, 5.41) is 10.1. The number of aromatic nitrogens is 1. The van der Waals surface area contributed by atoms with Crippen LogP contribution in [0.4, 0.5) is 0 Å². The quantitative estimate of drug-likeness (QED) is 0.826. The summed E-state index contributed by atoms with van der Waals surface area (Å²) in [4.78, 5) is 5.26. The molecule has 0 spiro atoms. The van der Waals surface area contributed by atoms with Crippen molar-refractivity contribution in [3.05, 3.63) is 59.9 Å². The van der Waals surface area contributed by atoms with Crippen molar-refractivity contribution in [1.82, 2.24) is 9.88 Å². The standard InChI is InChI=1S/C14H18N2O/c1-16(10-13-8-5-9-15-13)11-14(17)12-6-3-2-4-7-12/h2-9,14-15,17H,10-11H2,1H3/t14-/m0/s1. The maximum Gasteiger partial charge on any atom is 0.0916 e. The zero-order valence-corrected chi connectivity index (χ0v) is 10.0. The number of likely N-dealkylation sites (N-methyl/N-ethyl adjacent to an activating group) is 1. The molecule has 90 valence electrons. The molecule has 0 aliphatic carbocycles. The van der Waals surface area contributed by atoms with E-state index in [1.54, 1.807) is 0 Å². The average molecular weight is 230 g/mol. The molecule has 0 unspecified atom stereocenters. The van der Waals surface area contributed by atoms with E-state index in [1.165, 1.54) is 0 Å². The molecule has 0 amide bonds. The Kier molecular flexibility index (Phi) is 3.96. The lowest BCUT2D eigenvalue weighted by Gasteiger charge is -2.20. The highest BCUT2D eigenvalue weighted by atomic mass is 16.3. The lowest BCUT2D eigenvalue weighted by atomic mass is 10.1. The number of aliphatic hydroxyl groups excluding tert-OH is 1. The summed E-state index contributed by atoms with van der Waals surface area (Å²) < 4.78 is 0. The summed E-state index contributed by atoms with van der Waals surface area (Å²) >= 11 is 0. The predicted octanol–water partition coefficient (Wildman–Crippen LogP) is 2.18. The van der Waals surface area contributed by atoms with Gasteiger partial charge in [0.25, 0.3) is 0 Å². The molecule has 3 heteroatoms. The third-order valence-corrected chi connectivity index (χ3v) is 2.77. The molecule has 0 aliphatic heterocycles. The largest absolute Gasteiger partial charge is 0.387 e. The second-order valence-electron chi connectivity index (χ2n) is 4.32. The van der Waals surface area contributed by atoms with Crippen molar-refractivity contribution < 1.29 is 5.11 Å². The zero-order valence-electron chi connectivity index (χ0n) is 10.0. The Morgan fingerprint density at radius 1 is 1.18 bits per heavy atom. The van der Waals surface area contributed by atoms with Crippen LogP contribution >= 0.6 is 0 Å². The van der Waals surface area contributed by atoms with E-state index in [0.717, 1.165) is 17.8 Å². The van der Waals surface area contributed by atoms with Crippen LogP contribution < -0.4 is 0 Å². The second kappa shape index (κ2) is 5.66. The van der Waals surface area contributed by atoms with Crippen LogP contribution in [-0.4, -0.2) is 28.6 Å². The Morgan fingerprint density at radius 3 is 2.59 bits per heavy atom. The Hall–Kier alpha value is -1.58. The van der Waals surface area contributed by atoms with E-state index in [-0.39, 0.29) is 0 Å². The van der Waals surface area contributed by atoms with E-state index in [2.05, 4.69) is 9.88 Å². The molecule has 2 N–H and O–H groups in total. The first-order chi connectivity index (χ1) is 8.25. The molecule has 2 rings (SSSR count). The highest BCUT2D eigenvalue weighted by Crippen LogP contribution is 2.13. The van der Waals surface area contributed by atoms with Crippen molar-refractivity contribution in [2.75, 3.05) is 13.6 Å². The van der Waals surface area contributed by atoms with Crippen molar-refractivity contribution in [2.24, 2.45) is 0 Å². The molecule has 0 saturated heterocycles. The van der Waals surface area contributed by atoms with Crippen LogP contribution in [0.2, 0.25) is 0 Å². The minimum Gasteiger partial charge on any atom is -0.387 e. The van der Waals surface area contributed by atoms with Gasteiger partial charge in [-0.25, -0.2) is 0 Å². The van der Waals surface area contributed by atoms with Crippen LogP contribution in [0.3, 0.4) is 0 Å². The molecule has 3 nitrogen and oxygen atoms in total. The summed E-state index contributed by atoms with van der Waals surface area (Å²) in [6.07, 6.45) is 1.48. The molecule has 0 saturated carbocycles. The number of nitrogens with one attached hydrogen (secondary N) is 1. The van der Waals surface area contributed by atoms with Crippen LogP contribution in [0.1, 0.15) is 17.4 Å². The number of hydrogen-bond donors (Lipinski definition) is 2. The Balaban J connectivity index is 1.88. The normalized spacial score (nSPS) is 12.9. The van der Waals surface area contributed by atoms with Crippen molar-refractivity contribution in [2.45, 2.75) is 12.6 Å². The van der Waals surface area contributed by atoms with Gasteiger partial charge in [-0.3, -0.25) is 4.90 Å². The van der Waals surface area contributed by atoms with Gasteiger partial charge in [0.15, 0.2) is 0 Å². The maximum atomic E-state index is 10.1. The van der Waals surface area contributed by atoms with Gasteiger partial charge in [-0.05, 0) is 24.7 Å². The molecule has 1 aromatic carbocycles. The third kappa shape index (κ3) is 3.44. The van der Waals surface area contributed by atoms with Gasteiger partial charge < -0.3 is 10.1 Å². The highest BCUT2D eigenvalue weighted by Gasteiger charge is 2.10. The molecular formula is C14H18N2O. The van der Waals surface area contributed by atoms with E-state index in [1.807, 2.05) is 55.7 Å². The highest BCUT2D eigenvalue weighted by molar-refractivity contribution is 5.17. The fourth-order valence-electron chi connectivity index (χ4n) is 1.90. The Morgan fingerprint density at radius 2 is 1.94 bits per heavy atom. The van der Waals surface area contributed by atoms with E-state index >= 15 is 0 Å². The van der Waals surface area contributed by atoms with Crippen molar-refractivity contribution >= 4 is 0 Å². The van der Waals surface area contributed by atoms with Crippen LogP contribution in [0, 0.1) is 0 Å². The van der Waals surface area contributed by atoms with Gasteiger partial charge in [0.2, 0.25) is 0 Å². The van der Waals surface area contributed by atoms with E-state index in [0.29, 0.717) is 6.54 Å². The summed E-state index contributed by atoms with van der Waals surface area (Å²) in [7, 11) is 2.01. The van der Waals surface area contributed by atoms with Crippen molar-refractivity contribution in [1.29, 1.82) is 0 Å². The minimum atomic E-state index is -0.434. The minimum absolute atomic E-state index is 0.434. The number of nitrogens with zero attached hydrogens (tertiary/aromatic N) is 1. The number of H-pyrrole nitrogens is 1. The van der Waals surface area contributed by atoms with Crippen molar-refractivity contribution in [3.8, 4) is 0 Å². The molecule has 0 bridgehead atoms. The fourth-order valence-corrected chi connectivity index (χ4v) is 1.90. The lowest BCUT2D eigenvalue weighted by Crippen LogP contribution is -2.24. The third-order valence-electron chi connectivity index (χ3n) is 2.77. The first-order valence-corrected chi connectivity index (χ1v) is 5.79. The van der Waals surface area contributed by atoms with Gasteiger partial charge in [-0.15, -0.1) is 0 Å². The zero-order chi connectivity index (χ0) is 12.1. The average Bonchev–Trinajstić information content (AvgIpc) is 2.82. The summed E-state index contributed by atoms with van der Waals surface area (Å²) in [6.45, 7) is 1.44. The van der Waals surface area contributed by atoms with E-state index in [4.69, 9.17) is 0 Å². The maximum absolute atomic E-state index is 10.1. The van der Waals surface area contributed by atoms with Crippen LogP contribution in [0.15, 0.2) is 48.7 Å². The molecule has 0 radical (unpaired) electrons. The van der Waals surface area contributed by atoms with Crippen LogP contribution in [0.5, 0.6) is 0 Å². The molecule has 1 aromatic heterocycles. The Labute approximate surface area is 102 Å². The monoisotopic (exact) mass is 230 g/mol. The molecule has 1 heterocycles. The van der Waals surface area contributed by atoms with Crippen LogP contribution in [-0.2, 0) is 6.54 Å². The number of aliphatic hydroxyl groups is 1. The first kappa shape index (κ1) is 11.9. The predicted molar refractivity (Wildman–Crippen MR) is 68.5 cm³/mol. The molecule has 0 aliphatic rings. The number of hydrogen-bond acceptors (Lipinski definition) is 2. The molecule has 0 fully saturated rings. The SMILES string of the molecule is CN(Cc1ccc[nH]1)C[C@H](O)c1ccccc1. The molecule has 2 aromatic rings. The van der Waals surface area contributed by atoms with Gasteiger partial charge >= 0.3 is 0 Å². The van der Waals surface area contributed by atoms with Gasteiger partial charge in [-0.1, -0.05) is 30.3 Å². The molecule has 17 heavy (non-hydrogen) atoms.